The fourth-order valence-corrected chi connectivity index (χ4v) is 3.95. The molecule has 1 aromatic rings. The highest BCUT2D eigenvalue weighted by Crippen LogP contribution is 2.31. The minimum atomic E-state index is -3.40. The van der Waals surface area contributed by atoms with Gasteiger partial charge in [-0.05, 0) is 40.9 Å². The molecule has 2 rings (SSSR count). The highest BCUT2D eigenvalue weighted by molar-refractivity contribution is 9.10. The Bertz CT molecular complexity index is 539. The van der Waals surface area contributed by atoms with Gasteiger partial charge in [0.05, 0.1) is 10.6 Å². The van der Waals surface area contributed by atoms with Crippen molar-refractivity contribution in [3.05, 3.63) is 22.4 Å². The van der Waals surface area contributed by atoms with Gasteiger partial charge in [0, 0.05) is 23.8 Å². The van der Waals surface area contributed by atoms with Crippen molar-refractivity contribution in [3.8, 4) is 0 Å². The molecule has 1 saturated heterocycles. The molecule has 0 atom stereocenters. The van der Waals surface area contributed by atoms with Crippen LogP contribution in [0.1, 0.15) is 12.8 Å². The fraction of sp³-hybridized carbons (Fsp3) is 0.455. The molecule has 0 aliphatic carbocycles. The molecule has 0 spiro atoms. The van der Waals surface area contributed by atoms with Gasteiger partial charge in [-0.1, -0.05) is 0 Å². The van der Waals surface area contributed by atoms with E-state index in [4.69, 9.17) is 0 Å². The topological polar surface area (TPSA) is 37.4 Å². The van der Waals surface area contributed by atoms with Crippen LogP contribution in [0.25, 0.3) is 0 Å². The van der Waals surface area contributed by atoms with Crippen LogP contribution >= 0.6 is 15.9 Å². The summed E-state index contributed by atoms with van der Waals surface area (Å²) >= 11 is 3.19. The second-order valence-corrected chi connectivity index (χ2v) is 7.04. The summed E-state index contributed by atoms with van der Waals surface area (Å²) in [6.45, 7) is 1.64. The first-order chi connectivity index (χ1) is 7.89. The second kappa shape index (κ2) is 4.57. The Morgan fingerprint density at radius 3 is 2.41 bits per heavy atom. The molecule has 17 heavy (non-hydrogen) atoms. The van der Waals surface area contributed by atoms with Crippen LogP contribution in [0.5, 0.6) is 0 Å². The first kappa shape index (κ1) is 12.8. The standard InChI is InChI=1S/C11H13BrFNO2S/c1-17(15,16)11-7-9(13)10(6-8(11)12)14-4-2-3-5-14/h6-7H,2-5H2,1H3. The van der Waals surface area contributed by atoms with Crippen LogP contribution in [-0.4, -0.2) is 27.8 Å². The molecule has 0 unspecified atom stereocenters. The van der Waals surface area contributed by atoms with Gasteiger partial charge < -0.3 is 4.90 Å². The van der Waals surface area contributed by atoms with Crippen molar-refractivity contribution in [2.75, 3.05) is 24.2 Å². The van der Waals surface area contributed by atoms with Crippen LogP contribution in [0.4, 0.5) is 10.1 Å². The molecule has 1 fully saturated rings. The van der Waals surface area contributed by atoms with Crippen molar-refractivity contribution >= 4 is 31.5 Å². The minimum absolute atomic E-state index is 0.00190. The number of nitrogens with zero attached hydrogens (tertiary/aromatic N) is 1. The van der Waals surface area contributed by atoms with Gasteiger partial charge in [-0.3, -0.25) is 0 Å². The van der Waals surface area contributed by atoms with Gasteiger partial charge in [-0.15, -0.1) is 0 Å². The summed E-state index contributed by atoms with van der Waals surface area (Å²) < 4.78 is 37.2. The Morgan fingerprint density at radius 1 is 1.29 bits per heavy atom. The van der Waals surface area contributed by atoms with Gasteiger partial charge >= 0.3 is 0 Å². The van der Waals surface area contributed by atoms with E-state index < -0.39 is 15.7 Å². The van der Waals surface area contributed by atoms with E-state index in [9.17, 15) is 12.8 Å². The van der Waals surface area contributed by atoms with E-state index >= 15 is 0 Å². The number of hydrogen-bond donors (Lipinski definition) is 0. The highest BCUT2D eigenvalue weighted by atomic mass is 79.9. The minimum Gasteiger partial charge on any atom is -0.369 e. The quantitative estimate of drug-likeness (QED) is 0.840. The average molecular weight is 322 g/mol. The summed E-state index contributed by atoms with van der Waals surface area (Å²) in [5.74, 6) is -0.476. The number of anilines is 1. The first-order valence-corrected chi connectivity index (χ1v) is 8.02. The van der Waals surface area contributed by atoms with Gasteiger partial charge in [0.25, 0.3) is 0 Å². The van der Waals surface area contributed by atoms with E-state index in [1.807, 2.05) is 4.90 Å². The fourth-order valence-electron chi connectivity index (χ4n) is 2.00. The largest absolute Gasteiger partial charge is 0.369 e. The third kappa shape index (κ3) is 2.63. The Labute approximate surface area is 109 Å². The van der Waals surface area contributed by atoms with Crippen LogP contribution in [0.3, 0.4) is 0 Å². The predicted octanol–water partition coefficient (Wildman–Crippen LogP) is 2.59. The van der Waals surface area contributed by atoms with Gasteiger partial charge in [0.15, 0.2) is 9.84 Å². The summed E-state index contributed by atoms with van der Waals surface area (Å²) in [4.78, 5) is 1.93. The van der Waals surface area contributed by atoms with Gasteiger partial charge in [-0.2, -0.15) is 0 Å². The molecule has 0 amide bonds. The van der Waals surface area contributed by atoms with Crippen molar-refractivity contribution in [2.45, 2.75) is 17.7 Å². The lowest BCUT2D eigenvalue weighted by molar-refractivity contribution is 0.594. The summed E-state index contributed by atoms with van der Waals surface area (Å²) in [5.41, 5.74) is 0.474. The van der Waals surface area contributed by atoms with Crippen LogP contribution < -0.4 is 4.90 Å². The molecule has 0 N–H and O–H groups in total. The molecular formula is C11H13BrFNO2S. The maximum Gasteiger partial charge on any atom is 0.176 e. The van der Waals surface area contributed by atoms with E-state index in [2.05, 4.69) is 15.9 Å². The summed E-state index contributed by atoms with van der Waals surface area (Å²) in [5, 5.41) is 0. The van der Waals surface area contributed by atoms with E-state index in [-0.39, 0.29) is 4.90 Å². The van der Waals surface area contributed by atoms with E-state index in [0.717, 1.165) is 38.3 Å². The summed E-state index contributed by atoms with van der Waals surface area (Å²) in [7, 11) is -3.40. The third-order valence-electron chi connectivity index (χ3n) is 2.85. The Balaban J connectivity index is 2.48. The number of halogens is 2. The summed E-state index contributed by atoms with van der Waals surface area (Å²) in [6, 6.07) is 2.64. The molecule has 1 heterocycles. The molecule has 1 aromatic carbocycles. The molecule has 0 radical (unpaired) electrons. The lowest BCUT2D eigenvalue weighted by Crippen LogP contribution is -2.19. The number of rotatable bonds is 2. The SMILES string of the molecule is CS(=O)(=O)c1cc(F)c(N2CCCC2)cc1Br. The zero-order chi connectivity index (χ0) is 12.6. The number of sulfone groups is 1. The van der Waals surface area contributed by atoms with Crippen molar-refractivity contribution < 1.29 is 12.8 Å². The van der Waals surface area contributed by atoms with E-state index in [0.29, 0.717) is 10.2 Å². The highest BCUT2D eigenvalue weighted by Gasteiger charge is 2.21. The Hall–Kier alpha value is -0.620. The Morgan fingerprint density at radius 2 is 1.88 bits per heavy atom. The molecular weight excluding hydrogens is 309 g/mol. The van der Waals surface area contributed by atoms with E-state index in [1.165, 1.54) is 0 Å². The maximum absolute atomic E-state index is 13.9. The molecule has 1 aliphatic rings. The van der Waals surface area contributed by atoms with Crippen LogP contribution in [0, 0.1) is 5.82 Å². The molecule has 0 saturated carbocycles. The van der Waals surface area contributed by atoms with Gasteiger partial charge in [0.2, 0.25) is 0 Å². The normalized spacial score (nSPS) is 16.5. The third-order valence-corrected chi connectivity index (χ3v) is 4.90. The van der Waals surface area contributed by atoms with Crippen molar-refractivity contribution in [3.63, 3.8) is 0 Å². The average Bonchev–Trinajstić information content (AvgIpc) is 2.72. The zero-order valence-electron chi connectivity index (χ0n) is 9.41. The zero-order valence-corrected chi connectivity index (χ0v) is 11.8. The monoisotopic (exact) mass is 321 g/mol. The van der Waals surface area contributed by atoms with Crippen LogP contribution in [0.2, 0.25) is 0 Å². The molecule has 3 nitrogen and oxygen atoms in total. The molecule has 6 heteroatoms. The van der Waals surface area contributed by atoms with Crippen LogP contribution in [-0.2, 0) is 9.84 Å². The van der Waals surface area contributed by atoms with E-state index in [1.54, 1.807) is 6.07 Å². The maximum atomic E-state index is 13.9. The molecule has 94 valence electrons. The molecule has 1 aliphatic heterocycles. The summed E-state index contributed by atoms with van der Waals surface area (Å²) in [6.07, 6.45) is 3.16. The smallest absolute Gasteiger partial charge is 0.176 e. The Kier molecular flexibility index (Phi) is 3.45. The van der Waals surface area contributed by atoms with Gasteiger partial charge in [0.1, 0.15) is 5.82 Å². The molecule has 0 aromatic heterocycles. The number of benzene rings is 1. The van der Waals surface area contributed by atoms with Gasteiger partial charge in [-0.25, -0.2) is 12.8 Å². The predicted molar refractivity (Wildman–Crippen MR) is 68.7 cm³/mol. The second-order valence-electron chi connectivity index (χ2n) is 4.20. The van der Waals surface area contributed by atoms with Crippen LogP contribution in [0.15, 0.2) is 21.5 Å². The van der Waals surface area contributed by atoms with Crippen molar-refractivity contribution in [2.24, 2.45) is 0 Å². The first-order valence-electron chi connectivity index (χ1n) is 5.33. The van der Waals surface area contributed by atoms with Crippen molar-refractivity contribution in [1.29, 1.82) is 0 Å². The lowest BCUT2D eigenvalue weighted by Gasteiger charge is -2.19. The van der Waals surface area contributed by atoms with Crippen molar-refractivity contribution in [1.82, 2.24) is 0 Å². The number of hydrogen-bond acceptors (Lipinski definition) is 3. The molecule has 0 bridgehead atoms. The lowest BCUT2D eigenvalue weighted by atomic mass is 10.3.